The quantitative estimate of drug-likeness (QED) is 0.825. The third-order valence-corrected chi connectivity index (χ3v) is 5.63. The number of likely N-dealkylation sites (tertiary alicyclic amines) is 1. The topological polar surface area (TPSA) is 40.5 Å². The molecule has 98 valence electrons. The molecule has 2 heterocycles. The highest BCUT2D eigenvalue weighted by atomic mass is 32.2. The highest BCUT2D eigenvalue weighted by molar-refractivity contribution is 7.99. The summed E-state index contributed by atoms with van der Waals surface area (Å²) >= 11 is 2.07. The van der Waals surface area contributed by atoms with Gasteiger partial charge in [-0.15, -0.1) is 0 Å². The van der Waals surface area contributed by atoms with E-state index in [-0.39, 0.29) is 5.92 Å². The zero-order valence-corrected chi connectivity index (χ0v) is 11.6. The van der Waals surface area contributed by atoms with Gasteiger partial charge in [0.2, 0.25) is 0 Å². The minimum atomic E-state index is -0.609. The number of aliphatic carboxylic acids is 1. The lowest BCUT2D eigenvalue weighted by Crippen LogP contribution is -2.52. The molecule has 2 aliphatic rings. The SMILES string of the molecule is CC1SCCCC1N1CCC(C(=O)O)CC1C. The standard InChI is InChI=1S/C13H23NO2S/c1-9-8-11(13(15)16)5-6-14(9)12-4-3-7-17-10(12)2/h9-12H,3-8H2,1-2H3,(H,15,16). The summed E-state index contributed by atoms with van der Waals surface area (Å²) in [7, 11) is 0. The van der Waals surface area contributed by atoms with Gasteiger partial charge in [0, 0.05) is 17.3 Å². The van der Waals surface area contributed by atoms with Crippen LogP contribution in [0.25, 0.3) is 0 Å². The van der Waals surface area contributed by atoms with Crippen LogP contribution < -0.4 is 0 Å². The molecule has 0 bridgehead atoms. The number of carboxylic acids is 1. The summed E-state index contributed by atoms with van der Waals surface area (Å²) in [4.78, 5) is 13.6. The maximum atomic E-state index is 11.0. The molecule has 0 aliphatic carbocycles. The third kappa shape index (κ3) is 2.97. The molecule has 2 aliphatic heterocycles. The Labute approximate surface area is 108 Å². The van der Waals surface area contributed by atoms with E-state index in [4.69, 9.17) is 5.11 Å². The van der Waals surface area contributed by atoms with Crippen LogP contribution >= 0.6 is 11.8 Å². The minimum Gasteiger partial charge on any atom is -0.481 e. The van der Waals surface area contributed by atoms with Crippen molar-refractivity contribution in [3.8, 4) is 0 Å². The van der Waals surface area contributed by atoms with Crippen molar-refractivity contribution < 1.29 is 9.90 Å². The van der Waals surface area contributed by atoms with Gasteiger partial charge in [0.05, 0.1) is 5.92 Å². The Morgan fingerprint density at radius 1 is 1.35 bits per heavy atom. The zero-order chi connectivity index (χ0) is 12.4. The van der Waals surface area contributed by atoms with Crippen molar-refractivity contribution in [3.05, 3.63) is 0 Å². The summed E-state index contributed by atoms with van der Waals surface area (Å²) < 4.78 is 0. The van der Waals surface area contributed by atoms with Crippen LogP contribution in [0, 0.1) is 5.92 Å². The van der Waals surface area contributed by atoms with E-state index in [1.165, 1.54) is 18.6 Å². The lowest BCUT2D eigenvalue weighted by molar-refractivity contribution is -0.144. The van der Waals surface area contributed by atoms with Crippen molar-refractivity contribution in [1.82, 2.24) is 4.90 Å². The molecule has 4 unspecified atom stereocenters. The normalized spacial score (nSPS) is 40.1. The number of nitrogens with zero attached hydrogens (tertiary/aromatic N) is 1. The number of hydrogen-bond donors (Lipinski definition) is 1. The average molecular weight is 257 g/mol. The Morgan fingerprint density at radius 2 is 2.12 bits per heavy atom. The second kappa shape index (κ2) is 5.61. The summed E-state index contributed by atoms with van der Waals surface area (Å²) in [5, 5.41) is 9.78. The van der Waals surface area contributed by atoms with E-state index in [0.717, 1.165) is 19.4 Å². The first kappa shape index (κ1) is 13.2. The fourth-order valence-electron chi connectivity index (χ4n) is 3.25. The fourth-order valence-corrected chi connectivity index (χ4v) is 4.47. The fraction of sp³-hybridized carbons (Fsp3) is 0.923. The van der Waals surface area contributed by atoms with Crippen molar-refractivity contribution in [2.45, 2.75) is 56.9 Å². The first-order chi connectivity index (χ1) is 8.09. The molecule has 0 saturated carbocycles. The van der Waals surface area contributed by atoms with Gasteiger partial charge in [-0.1, -0.05) is 6.92 Å². The average Bonchev–Trinajstić information content (AvgIpc) is 2.30. The van der Waals surface area contributed by atoms with Crippen LogP contribution in [0.2, 0.25) is 0 Å². The molecule has 0 radical (unpaired) electrons. The lowest BCUT2D eigenvalue weighted by atomic mass is 9.89. The molecule has 4 atom stereocenters. The van der Waals surface area contributed by atoms with E-state index in [9.17, 15) is 4.79 Å². The van der Waals surface area contributed by atoms with Crippen LogP contribution in [0.3, 0.4) is 0 Å². The van der Waals surface area contributed by atoms with E-state index in [1.807, 2.05) is 0 Å². The second-order valence-corrected chi connectivity index (χ2v) is 6.92. The maximum Gasteiger partial charge on any atom is 0.306 e. The molecule has 2 fully saturated rings. The Balaban J connectivity index is 1.96. The van der Waals surface area contributed by atoms with Gasteiger partial charge in [-0.05, 0) is 44.9 Å². The monoisotopic (exact) mass is 257 g/mol. The van der Waals surface area contributed by atoms with E-state index in [0.29, 0.717) is 17.3 Å². The number of hydrogen-bond acceptors (Lipinski definition) is 3. The van der Waals surface area contributed by atoms with E-state index >= 15 is 0 Å². The lowest BCUT2D eigenvalue weighted by Gasteiger charge is -2.45. The molecule has 0 aromatic heterocycles. The van der Waals surface area contributed by atoms with Crippen molar-refractivity contribution in [2.24, 2.45) is 5.92 Å². The Hall–Kier alpha value is -0.220. The summed E-state index contributed by atoms with van der Waals surface area (Å²) in [5.41, 5.74) is 0. The number of carbonyl (C=O) groups is 1. The van der Waals surface area contributed by atoms with Crippen LogP contribution in [0.15, 0.2) is 0 Å². The minimum absolute atomic E-state index is 0.118. The molecule has 0 spiro atoms. The van der Waals surface area contributed by atoms with Crippen molar-refractivity contribution in [1.29, 1.82) is 0 Å². The Kier molecular flexibility index (Phi) is 4.36. The zero-order valence-electron chi connectivity index (χ0n) is 10.8. The molecule has 2 saturated heterocycles. The molecule has 2 rings (SSSR count). The second-order valence-electron chi connectivity index (χ2n) is 5.43. The van der Waals surface area contributed by atoms with Gasteiger partial charge in [-0.25, -0.2) is 0 Å². The van der Waals surface area contributed by atoms with Crippen LogP contribution in [-0.4, -0.2) is 45.6 Å². The van der Waals surface area contributed by atoms with Crippen molar-refractivity contribution in [3.63, 3.8) is 0 Å². The van der Waals surface area contributed by atoms with Crippen LogP contribution in [0.4, 0.5) is 0 Å². The van der Waals surface area contributed by atoms with Crippen LogP contribution in [0.1, 0.15) is 39.5 Å². The van der Waals surface area contributed by atoms with E-state index in [1.54, 1.807) is 0 Å². The molecule has 0 amide bonds. The van der Waals surface area contributed by atoms with E-state index in [2.05, 4.69) is 30.5 Å². The van der Waals surface area contributed by atoms with Gasteiger partial charge in [0.25, 0.3) is 0 Å². The number of thioether (sulfide) groups is 1. The molecule has 1 N–H and O–H groups in total. The smallest absolute Gasteiger partial charge is 0.306 e. The van der Waals surface area contributed by atoms with Gasteiger partial charge in [0.1, 0.15) is 0 Å². The van der Waals surface area contributed by atoms with Crippen LogP contribution in [0.5, 0.6) is 0 Å². The summed E-state index contributed by atoms with van der Waals surface area (Å²) in [6, 6.07) is 1.09. The molecule has 17 heavy (non-hydrogen) atoms. The van der Waals surface area contributed by atoms with Gasteiger partial charge < -0.3 is 5.11 Å². The predicted octanol–water partition coefficient (Wildman–Crippen LogP) is 2.46. The molecule has 0 aromatic rings. The highest BCUT2D eigenvalue weighted by Gasteiger charge is 2.36. The summed E-state index contributed by atoms with van der Waals surface area (Å²) in [6.45, 7) is 5.49. The first-order valence-corrected chi connectivity index (χ1v) is 7.74. The Bertz CT molecular complexity index is 285. The number of carboxylic acid groups (broad SMARTS) is 1. The third-order valence-electron chi connectivity index (χ3n) is 4.27. The highest BCUT2D eigenvalue weighted by Crippen LogP contribution is 2.33. The molecule has 0 aromatic carbocycles. The molecular weight excluding hydrogens is 234 g/mol. The number of rotatable bonds is 2. The molecule has 4 heteroatoms. The summed E-state index contributed by atoms with van der Waals surface area (Å²) in [5.74, 6) is 0.563. The van der Waals surface area contributed by atoms with Crippen LogP contribution in [-0.2, 0) is 4.79 Å². The Morgan fingerprint density at radius 3 is 2.71 bits per heavy atom. The van der Waals surface area contributed by atoms with Crippen molar-refractivity contribution in [2.75, 3.05) is 12.3 Å². The first-order valence-electron chi connectivity index (χ1n) is 6.69. The largest absolute Gasteiger partial charge is 0.481 e. The summed E-state index contributed by atoms with van der Waals surface area (Å²) in [6.07, 6.45) is 4.25. The van der Waals surface area contributed by atoms with Crippen molar-refractivity contribution >= 4 is 17.7 Å². The van der Waals surface area contributed by atoms with Gasteiger partial charge in [-0.2, -0.15) is 11.8 Å². The van der Waals surface area contributed by atoms with Gasteiger partial charge in [0.15, 0.2) is 0 Å². The van der Waals surface area contributed by atoms with Gasteiger partial charge >= 0.3 is 5.97 Å². The molecule has 3 nitrogen and oxygen atoms in total. The van der Waals surface area contributed by atoms with E-state index < -0.39 is 5.97 Å². The number of piperidine rings is 1. The molecular formula is C13H23NO2S. The van der Waals surface area contributed by atoms with Gasteiger partial charge in [-0.3, -0.25) is 9.69 Å². The predicted molar refractivity (Wildman–Crippen MR) is 71.5 cm³/mol. The maximum absolute atomic E-state index is 11.0.